The second-order valence-electron chi connectivity index (χ2n) is 6.96. The maximum atomic E-state index is 6.25. The standard InChI is InChI=1S/C16H27BrO/c1-12-14(5-6-15(12)17)13-7-10-18-16(11-13)8-3-2-4-9-16/h12-15H,2-11H2,1H3. The molecule has 1 spiro atoms. The summed E-state index contributed by atoms with van der Waals surface area (Å²) >= 11 is 3.87. The van der Waals surface area contributed by atoms with Crippen LogP contribution >= 0.6 is 15.9 Å². The van der Waals surface area contributed by atoms with Gasteiger partial charge in [-0.15, -0.1) is 0 Å². The molecule has 0 bridgehead atoms. The second-order valence-corrected chi connectivity index (χ2v) is 8.14. The Bertz CT molecular complexity index is 279. The fourth-order valence-corrected chi connectivity index (χ4v) is 5.44. The van der Waals surface area contributed by atoms with E-state index in [2.05, 4.69) is 22.9 Å². The highest BCUT2D eigenvalue weighted by Crippen LogP contribution is 2.49. The van der Waals surface area contributed by atoms with Crippen molar-refractivity contribution in [3.63, 3.8) is 0 Å². The topological polar surface area (TPSA) is 9.23 Å². The second kappa shape index (κ2) is 5.44. The van der Waals surface area contributed by atoms with Gasteiger partial charge in [-0.05, 0) is 56.3 Å². The molecule has 4 atom stereocenters. The van der Waals surface area contributed by atoms with Gasteiger partial charge in [0.05, 0.1) is 5.60 Å². The van der Waals surface area contributed by atoms with Crippen LogP contribution in [0.15, 0.2) is 0 Å². The molecule has 3 aliphatic rings. The molecule has 0 radical (unpaired) electrons. The number of hydrogen-bond donors (Lipinski definition) is 0. The summed E-state index contributed by atoms with van der Waals surface area (Å²) in [7, 11) is 0. The monoisotopic (exact) mass is 314 g/mol. The van der Waals surface area contributed by atoms with Gasteiger partial charge in [-0.3, -0.25) is 0 Å². The molecule has 4 unspecified atom stereocenters. The lowest BCUT2D eigenvalue weighted by Crippen LogP contribution is -2.43. The third-order valence-electron chi connectivity index (χ3n) is 5.92. The molecular formula is C16H27BrO. The molecule has 18 heavy (non-hydrogen) atoms. The molecule has 2 heteroatoms. The molecule has 2 saturated carbocycles. The Morgan fingerprint density at radius 3 is 2.50 bits per heavy atom. The van der Waals surface area contributed by atoms with Crippen LogP contribution in [-0.4, -0.2) is 17.0 Å². The maximum absolute atomic E-state index is 6.25. The van der Waals surface area contributed by atoms with Gasteiger partial charge in [-0.1, -0.05) is 42.1 Å². The van der Waals surface area contributed by atoms with Gasteiger partial charge in [0.1, 0.15) is 0 Å². The molecule has 104 valence electrons. The molecule has 3 rings (SSSR count). The first-order valence-corrected chi connectivity index (χ1v) is 8.90. The van der Waals surface area contributed by atoms with Crippen LogP contribution in [0.25, 0.3) is 0 Å². The molecule has 1 heterocycles. The van der Waals surface area contributed by atoms with Crippen LogP contribution < -0.4 is 0 Å². The van der Waals surface area contributed by atoms with E-state index in [0.717, 1.165) is 29.2 Å². The van der Waals surface area contributed by atoms with E-state index in [-0.39, 0.29) is 0 Å². The number of alkyl halides is 1. The maximum Gasteiger partial charge on any atom is 0.0685 e. The lowest BCUT2D eigenvalue weighted by molar-refractivity contribution is -0.126. The predicted molar refractivity (Wildman–Crippen MR) is 79.1 cm³/mol. The van der Waals surface area contributed by atoms with Gasteiger partial charge in [0.2, 0.25) is 0 Å². The van der Waals surface area contributed by atoms with Gasteiger partial charge in [0.15, 0.2) is 0 Å². The Morgan fingerprint density at radius 1 is 1.06 bits per heavy atom. The Hall–Kier alpha value is 0.440. The van der Waals surface area contributed by atoms with Crippen LogP contribution in [0.4, 0.5) is 0 Å². The molecular weight excluding hydrogens is 288 g/mol. The predicted octanol–water partition coefficient (Wildman–Crippen LogP) is 4.93. The van der Waals surface area contributed by atoms with Gasteiger partial charge in [0, 0.05) is 11.4 Å². The smallest absolute Gasteiger partial charge is 0.0685 e. The highest BCUT2D eigenvalue weighted by molar-refractivity contribution is 9.09. The lowest BCUT2D eigenvalue weighted by Gasteiger charge is -2.46. The van der Waals surface area contributed by atoms with Crippen molar-refractivity contribution in [2.75, 3.05) is 6.61 Å². The molecule has 0 amide bonds. The van der Waals surface area contributed by atoms with Gasteiger partial charge in [0.25, 0.3) is 0 Å². The van der Waals surface area contributed by atoms with Gasteiger partial charge < -0.3 is 4.74 Å². The van der Waals surface area contributed by atoms with Crippen LogP contribution in [0.2, 0.25) is 0 Å². The number of halogens is 1. The van der Waals surface area contributed by atoms with Crippen LogP contribution in [0.5, 0.6) is 0 Å². The third kappa shape index (κ3) is 2.52. The van der Waals surface area contributed by atoms with E-state index in [1.54, 1.807) is 0 Å². The summed E-state index contributed by atoms with van der Waals surface area (Å²) in [6.07, 6.45) is 12.4. The number of hydrogen-bond acceptors (Lipinski definition) is 1. The first-order valence-electron chi connectivity index (χ1n) is 7.98. The Kier molecular flexibility index (Phi) is 4.06. The van der Waals surface area contributed by atoms with Crippen molar-refractivity contribution in [2.45, 2.75) is 75.1 Å². The van der Waals surface area contributed by atoms with E-state index < -0.39 is 0 Å². The first kappa shape index (κ1) is 13.4. The lowest BCUT2D eigenvalue weighted by atomic mass is 9.70. The quantitative estimate of drug-likeness (QED) is 0.624. The Morgan fingerprint density at radius 2 is 1.83 bits per heavy atom. The third-order valence-corrected chi connectivity index (χ3v) is 7.21. The highest BCUT2D eigenvalue weighted by atomic mass is 79.9. The molecule has 1 nitrogen and oxygen atoms in total. The van der Waals surface area contributed by atoms with Crippen LogP contribution in [0, 0.1) is 17.8 Å². The first-order chi connectivity index (χ1) is 8.70. The van der Waals surface area contributed by atoms with Crippen molar-refractivity contribution >= 4 is 15.9 Å². The fourth-order valence-electron chi connectivity index (χ4n) is 4.79. The summed E-state index contributed by atoms with van der Waals surface area (Å²) < 4.78 is 6.25. The van der Waals surface area contributed by atoms with E-state index in [0.29, 0.717) is 5.60 Å². The van der Waals surface area contributed by atoms with Crippen molar-refractivity contribution in [3.05, 3.63) is 0 Å². The van der Waals surface area contributed by atoms with Crippen LogP contribution in [-0.2, 0) is 4.74 Å². The molecule has 0 aromatic heterocycles. The summed E-state index contributed by atoms with van der Waals surface area (Å²) in [5.74, 6) is 2.76. The summed E-state index contributed by atoms with van der Waals surface area (Å²) in [6.45, 7) is 3.49. The Balaban J connectivity index is 1.66. The van der Waals surface area contributed by atoms with Gasteiger partial charge in [-0.2, -0.15) is 0 Å². The van der Waals surface area contributed by atoms with Crippen molar-refractivity contribution in [1.82, 2.24) is 0 Å². The zero-order chi connectivity index (χ0) is 12.6. The van der Waals surface area contributed by atoms with E-state index in [1.807, 2.05) is 0 Å². The summed E-state index contributed by atoms with van der Waals surface area (Å²) in [4.78, 5) is 0.771. The van der Waals surface area contributed by atoms with Crippen LogP contribution in [0.1, 0.15) is 64.7 Å². The molecule has 1 saturated heterocycles. The Labute approximate surface area is 120 Å². The zero-order valence-corrected chi connectivity index (χ0v) is 13.3. The van der Waals surface area contributed by atoms with Gasteiger partial charge >= 0.3 is 0 Å². The van der Waals surface area contributed by atoms with Crippen molar-refractivity contribution in [3.8, 4) is 0 Å². The molecule has 0 aromatic carbocycles. The minimum absolute atomic E-state index is 0.297. The molecule has 1 aliphatic heterocycles. The average molecular weight is 315 g/mol. The normalized spacial score (nSPS) is 44.3. The summed E-state index contributed by atoms with van der Waals surface area (Å²) in [5, 5.41) is 0. The van der Waals surface area contributed by atoms with Gasteiger partial charge in [-0.25, -0.2) is 0 Å². The highest BCUT2D eigenvalue weighted by Gasteiger charge is 2.44. The zero-order valence-electron chi connectivity index (χ0n) is 11.7. The van der Waals surface area contributed by atoms with E-state index in [4.69, 9.17) is 4.74 Å². The van der Waals surface area contributed by atoms with Crippen molar-refractivity contribution in [1.29, 1.82) is 0 Å². The fraction of sp³-hybridized carbons (Fsp3) is 1.00. The van der Waals surface area contributed by atoms with E-state index in [1.165, 1.54) is 57.8 Å². The van der Waals surface area contributed by atoms with Crippen molar-refractivity contribution < 1.29 is 4.74 Å². The molecule has 2 aliphatic carbocycles. The van der Waals surface area contributed by atoms with E-state index in [9.17, 15) is 0 Å². The minimum atomic E-state index is 0.297. The molecule has 0 aromatic rings. The number of rotatable bonds is 1. The largest absolute Gasteiger partial charge is 0.375 e. The average Bonchev–Trinajstić information content (AvgIpc) is 2.71. The van der Waals surface area contributed by atoms with Crippen LogP contribution in [0.3, 0.4) is 0 Å². The molecule has 3 fully saturated rings. The molecule has 0 N–H and O–H groups in total. The minimum Gasteiger partial charge on any atom is -0.375 e. The summed E-state index contributed by atoms with van der Waals surface area (Å²) in [6, 6.07) is 0. The summed E-state index contributed by atoms with van der Waals surface area (Å²) in [5.41, 5.74) is 0.297. The number of ether oxygens (including phenoxy) is 1. The van der Waals surface area contributed by atoms with E-state index >= 15 is 0 Å². The van der Waals surface area contributed by atoms with Crippen molar-refractivity contribution in [2.24, 2.45) is 17.8 Å². The SMILES string of the molecule is CC1C(Br)CCC1C1CCOC2(CCCCC2)C1.